The number of nitrogens with zero attached hydrogens (tertiary/aromatic N) is 1. The van der Waals surface area contributed by atoms with E-state index in [1.54, 1.807) is 19.0 Å². The molecule has 1 rings (SSSR count). The Morgan fingerprint density at radius 3 is 2.06 bits per heavy atom. The molecule has 16 heavy (non-hydrogen) atoms. The Morgan fingerprint density at radius 2 is 1.75 bits per heavy atom. The largest absolute Gasteiger partial charge is 0.480 e. The van der Waals surface area contributed by atoms with Gasteiger partial charge in [-0.2, -0.15) is 0 Å². The molecule has 1 unspecified atom stereocenters. The second-order valence-electron chi connectivity index (χ2n) is 4.49. The molecule has 3 heteroatoms. The summed E-state index contributed by atoms with van der Waals surface area (Å²) in [6, 6.07) is 9.38. The van der Waals surface area contributed by atoms with Gasteiger partial charge in [0.05, 0.1) is 0 Å². The van der Waals surface area contributed by atoms with Gasteiger partial charge < -0.3 is 5.11 Å². The molecule has 1 aromatic rings. The van der Waals surface area contributed by atoms with Crippen LogP contribution in [0, 0.1) is 5.92 Å². The van der Waals surface area contributed by atoms with E-state index in [1.807, 2.05) is 44.2 Å². The number of hydrogen-bond donors (Lipinski definition) is 1. The molecule has 3 nitrogen and oxygen atoms in total. The zero-order valence-corrected chi connectivity index (χ0v) is 10.3. The van der Waals surface area contributed by atoms with Crippen LogP contribution in [0.1, 0.15) is 19.4 Å². The van der Waals surface area contributed by atoms with Gasteiger partial charge in [0.25, 0.3) is 0 Å². The topological polar surface area (TPSA) is 40.5 Å². The number of carboxylic acids is 1. The molecule has 0 fully saturated rings. The molecule has 0 bridgehead atoms. The van der Waals surface area contributed by atoms with E-state index in [0.717, 1.165) is 5.56 Å². The van der Waals surface area contributed by atoms with Crippen LogP contribution in [-0.4, -0.2) is 30.1 Å². The highest BCUT2D eigenvalue weighted by Gasteiger charge is 2.45. The molecule has 0 saturated heterocycles. The normalized spacial score (nSPS) is 15.1. The Balaban J connectivity index is 3.40. The summed E-state index contributed by atoms with van der Waals surface area (Å²) in [7, 11) is 3.61. The number of carboxylic acid groups (broad SMARTS) is 1. The average Bonchev–Trinajstić information content (AvgIpc) is 2.18. The van der Waals surface area contributed by atoms with E-state index in [-0.39, 0.29) is 5.92 Å². The minimum atomic E-state index is -0.957. The SMILES string of the molecule is CC(C)C(C(=O)O)(c1ccccc1)N(C)C. The van der Waals surface area contributed by atoms with Gasteiger partial charge in [0.1, 0.15) is 5.54 Å². The summed E-state index contributed by atoms with van der Waals surface area (Å²) in [5.74, 6) is -0.818. The first-order chi connectivity index (χ1) is 7.44. The Labute approximate surface area is 96.7 Å². The van der Waals surface area contributed by atoms with Crippen molar-refractivity contribution in [2.45, 2.75) is 19.4 Å². The number of benzene rings is 1. The highest BCUT2D eigenvalue weighted by atomic mass is 16.4. The number of carbonyl (C=O) groups is 1. The van der Waals surface area contributed by atoms with Crippen LogP contribution in [-0.2, 0) is 10.3 Å². The Hall–Kier alpha value is -1.35. The Bertz CT molecular complexity index is 349. The summed E-state index contributed by atoms with van der Waals surface area (Å²) in [4.78, 5) is 13.4. The van der Waals surface area contributed by atoms with E-state index in [4.69, 9.17) is 0 Å². The fraction of sp³-hybridized carbons (Fsp3) is 0.462. The number of likely N-dealkylation sites (N-methyl/N-ethyl adjacent to an activating group) is 1. The average molecular weight is 221 g/mol. The van der Waals surface area contributed by atoms with E-state index < -0.39 is 11.5 Å². The quantitative estimate of drug-likeness (QED) is 0.847. The van der Waals surface area contributed by atoms with Crippen LogP contribution in [0.3, 0.4) is 0 Å². The molecular weight excluding hydrogens is 202 g/mol. The highest BCUT2D eigenvalue weighted by molar-refractivity contribution is 5.81. The van der Waals surface area contributed by atoms with Crippen LogP contribution in [0.25, 0.3) is 0 Å². The molecule has 1 atom stereocenters. The van der Waals surface area contributed by atoms with Crippen molar-refractivity contribution in [2.75, 3.05) is 14.1 Å². The predicted molar refractivity (Wildman–Crippen MR) is 64.3 cm³/mol. The molecule has 0 amide bonds. The molecule has 0 radical (unpaired) electrons. The fourth-order valence-electron chi connectivity index (χ4n) is 2.36. The predicted octanol–water partition coefficient (Wildman–Crippen LogP) is 2.18. The van der Waals surface area contributed by atoms with Gasteiger partial charge in [-0.05, 0) is 25.6 Å². The first kappa shape index (κ1) is 12.7. The molecule has 0 aromatic heterocycles. The van der Waals surface area contributed by atoms with E-state index in [2.05, 4.69) is 0 Å². The smallest absolute Gasteiger partial charge is 0.329 e. The van der Waals surface area contributed by atoms with Crippen LogP contribution in [0.4, 0.5) is 0 Å². The third-order valence-corrected chi connectivity index (χ3v) is 3.08. The summed E-state index contributed by atoms with van der Waals surface area (Å²) < 4.78 is 0. The first-order valence-electron chi connectivity index (χ1n) is 5.40. The molecule has 0 spiro atoms. The van der Waals surface area contributed by atoms with Gasteiger partial charge in [0.15, 0.2) is 0 Å². The second-order valence-corrected chi connectivity index (χ2v) is 4.49. The molecule has 1 aromatic carbocycles. The minimum Gasteiger partial charge on any atom is -0.480 e. The van der Waals surface area contributed by atoms with Crippen molar-refractivity contribution >= 4 is 5.97 Å². The summed E-state index contributed by atoms with van der Waals surface area (Å²) in [6.07, 6.45) is 0. The zero-order chi connectivity index (χ0) is 12.3. The third-order valence-electron chi connectivity index (χ3n) is 3.08. The van der Waals surface area contributed by atoms with Gasteiger partial charge in [-0.3, -0.25) is 4.90 Å². The maximum atomic E-state index is 11.7. The lowest BCUT2D eigenvalue weighted by Gasteiger charge is -2.39. The second kappa shape index (κ2) is 4.66. The lowest BCUT2D eigenvalue weighted by atomic mass is 9.79. The molecular formula is C13H19NO2. The molecule has 0 aliphatic rings. The fourth-order valence-corrected chi connectivity index (χ4v) is 2.36. The molecule has 88 valence electrons. The summed E-state index contributed by atoms with van der Waals surface area (Å²) in [5, 5.41) is 9.58. The van der Waals surface area contributed by atoms with E-state index >= 15 is 0 Å². The number of aliphatic carboxylic acids is 1. The monoisotopic (exact) mass is 221 g/mol. The van der Waals surface area contributed by atoms with Gasteiger partial charge >= 0.3 is 5.97 Å². The Kier molecular flexibility index (Phi) is 3.70. The Morgan fingerprint density at radius 1 is 1.25 bits per heavy atom. The number of rotatable bonds is 4. The van der Waals surface area contributed by atoms with E-state index in [0.29, 0.717) is 0 Å². The minimum absolute atomic E-state index is 0.0117. The van der Waals surface area contributed by atoms with Gasteiger partial charge in [0, 0.05) is 0 Å². The van der Waals surface area contributed by atoms with E-state index in [1.165, 1.54) is 0 Å². The van der Waals surface area contributed by atoms with Crippen LogP contribution < -0.4 is 0 Å². The van der Waals surface area contributed by atoms with Crippen molar-refractivity contribution in [3.8, 4) is 0 Å². The first-order valence-corrected chi connectivity index (χ1v) is 5.40. The van der Waals surface area contributed by atoms with Crippen molar-refractivity contribution in [3.63, 3.8) is 0 Å². The van der Waals surface area contributed by atoms with Gasteiger partial charge in [-0.1, -0.05) is 44.2 Å². The summed E-state index contributed by atoms with van der Waals surface area (Å²) in [5.41, 5.74) is -0.135. The molecule has 1 N–H and O–H groups in total. The van der Waals surface area contributed by atoms with Crippen molar-refractivity contribution in [1.29, 1.82) is 0 Å². The van der Waals surface area contributed by atoms with Crippen LogP contribution in [0.5, 0.6) is 0 Å². The van der Waals surface area contributed by atoms with Crippen molar-refractivity contribution in [2.24, 2.45) is 5.92 Å². The maximum absolute atomic E-state index is 11.7. The highest BCUT2D eigenvalue weighted by Crippen LogP contribution is 2.34. The maximum Gasteiger partial charge on any atom is 0.329 e. The van der Waals surface area contributed by atoms with Gasteiger partial charge in [0.2, 0.25) is 0 Å². The standard InChI is InChI=1S/C13H19NO2/c1-10(2)13(12(15)16,14(3)4)11-8-6-5-7-9-11/h5-10H,1-4H3,(H,15,16). The lowest BCUT2D eigenvalue weighted by Crippen LogP contribution is -2.52. The van der Waals surface area contributed by atoms with Crippen LogP contribution in [0.2, 0.25) is 0 Å². The van der Waals surface area contributed by atoms with Crippen molar-refractivity contribution in [1.82, 2.24) is 4.90 Å². The van der Waals surface area contributed by atoms with Crippen LogP contribution >= 0.6 is 0 Å². The summed E-state index contributed by atoms with van der Waals surface area (Å²) >= 11 is 0. The molecule has 0 heterocycles. The molecule has 0 aliphatic carbocycles. The van der Waals surface area contributed by atoms with E-state index in [9.17, 15) is 9.90 Å². The van der Waals surface area contributed by atoms with Crippen molar-refractivity contribution < 1.29 is 9.90 Å². The summed E-state index contributed by atoms with van der Waals surface area (Å²) in [6.45, 7) is 3.86. The van der Waals surface area contributed by atoms with Gasteiger partial charge in [-0.15, -0.1) is 0 Å². The number of hydrogen-bond acceptors (Lipinski definition) is 2. The third kappa shape index (κ3) is 1.83. The van der Waals surface area contributed by atoms with Crippen LogP contribution in [0.15, 0.2) is 30.3 Å². The van der Waals surface area contributed by atoms with Gasteiger partial charge in [-0.25, -0.2) is 4.79 Å². The van der Waals surface area contributed by atoms with Crippen molar-refractivity contribution in [3.05, 3.63) is 35.9 Å². The molecule has 0 saturated carbocycles. The zero-order valence-electron chi connectivity index (χ0n) is 10.3. The molecule has 0 aliphatic heterocycles. The lowest BCUT2D eigenvalue weighted by molar-refractivity contribution is -0.154.